The zero-order chi connectivity index (χ0) is 16.9. The highest BCUT2D eigenvalue weighted by molar-refractivity contribution is 9.10. The Hall–Kier alpha value is -2.15. The van der Waals surface area contributed by atoms with Gasteiger partial charge in [0.15, 0.2) is 5.82 Å². The van der Waals surface area contributed by atoms with Crippen LogP contribution in [0.3, 0.4) is 0 Å². The summed E-state index contributed by atoms with van der Waals surface area (Å²) in [7, 11) is 0. The maximum Gasteiger partial charge on any atom is 0.255 e. The molecule has 7 heteroatoms. The molecule has 0 unspecified atom stereocenters. The van der Waals surface area contributed by atoms with Crippen molar-refractivity contribution >= 4 is 27.7 Å². The summed E-state index contributed by atoms with van der Waals surface area (Å²) in [5.41, 5.74) is 0.701. The fraction of sp³-hybridized carbons (Fsp3) is 0.353. The molecule has 1 amide bonds. The van der Waals surface area contributed by atoms with Crippen molar-refractivity contribution in [1.29, 1.82) is 0 Å². The normalized spacial score (nSPS) is 14.6. The Morgan fingerprint density at radius 3 is 2.50 bits per heavy atom. The first-order valence-corrected chi connectivity index (χ1v) is 8.73. The zero-order valence-electron chi connectivity index (χ0n) is 13.5. The van der Waals surface area contributed by atoms with Crippen molar-refractivity contribution in [2.75, 3.05) is 37.7 Å². The lowest BCUT2D eigenvalue weighted by molar-refractivity contribution is 0.0745. The molecule has 1 fully saturated rings. The molecular weight excluding hydrogens is 372 g/mol. The molecule has 0 aliphatic carbocycles. The molecule has 6 nitrogen and oxygen atoms in total. The van der Waals surface area contributed by atoms with Crippen LogP contribution in [0.4, 0.5) is 5.82 Å². The maximum absolute atomic E-state index is 12.6. The summed E-state index contributed by atoms with van der Waals surface area (Å²) >= 11 is 3.44. The van der Waals surface area contributed by atoms with Crippen LogP contribution in [0.25, 0.3) is 0 Å². The Morgan fingerprint density at radius 2 is 1.88 bits per heavy atom. The Morgan fingerprint density at radius 1 is 1.12 bits per heavy atom. The summed E-state index contributed by atoms with van der Waals surface area (Å²) < 4.78 is 6.14. The Kier molecular flexibility index (Phi) is 5.30. The van der Waals surface area contributed by atoms with E-state index in [0.717, 1.165) is 23.4 Å². The van der Waals surface area contributed by atoms with E-state index in [0.29, 0.717) is 31.1 Å². The molecule has 0 N–H and O–H groups in total. The van der Waals surface area contributed by atoms with Crippen molar-refractivity contribution in [3.8, 4) is 5.88 Å². The van der Waals surface area contributed by atoms with Gasteiger partial charge < -0.3 is 14.5 Å². The molecule has 1 aliphatic rings. The number of nitrogens with zero attached hydrogens (tertiary/aromatic N) is 4. The van der Waals surface area contributed by atoms with Gasteiger partial charge in [0.05, 0.1) is 12.2 Å². The van der Waals surface area contributed by atoms with Gasteiger partial charge in [-0.1, -0.05) is 12.1 Å². The topological polar surface area (TPSA) is 58.6 Å². The van der Waals surface area contributed by atoms with Gasteiger partial charge in [0.1, 0.15) is 0 Å². The van der Waals surface area contributed by atoms with Crippen LogP contribution in [-0.2, 0) is 0 Å². The number of hydrogen-bond acceptors (Lipinski definition) is 5. The van der Waals surface area contributed by atoms with Crippen LogP contribution in [0.15, 0.2) is 40.9 Å². The summed E-state index contributed by atoms with van der Waals surface area (Å²) in [5, 5.41) is 8.26. The highest BCUT2D eigenvalue weighted by atomic mass is 79.9. The summed E-state index contributed by atoms with van der Waals surface area (Å²) in [5.74, 6) is 1.40. The summed E-state index contributed by atoms with van der Waals surface area (Å²) in [6.45, 7) is 5.28. The number of anilines is 1. The molecule has 0 radical (unpaired) electrons. The Labute approximate surface area is 149 Å². The molecule has 24 heavy (non-hydrogen) atoms. The molecule has 0 bridgehead atoms. The lowest BCUT2D eigenvalue weighted by Gasteiger charge is -2.35. The van der Waals surface area contributed by atoms with Crippen LogP contribution in [-0.4, -0.2) is 53.8 Å². The molecule has 1 aliphatic heterocycles. The van der Waals surface area contributed by atoms with Gasteiger partial charge in [-0.2, -0.15) is 0 Å². The molecule has 0 spiro atoms. The van der Waals surface area contributed by atoms with E-state index in [1.807, 2.05) is 48.2 Å². The van der Waals surface area contributed by atoms with E-state index < -0.39 is 0 Å². The number of ether oxygens (including phenoxy) is 1. The molecule has 1 saturated heterocycles. The van der Waals surface area contributed by atoms with Gasteiger partial charge in [-0.15, -0.1) is 10.2 Å². The van der Waals surface area contributed by atoms with Gasteiger partial charge in [-0.3, -0.25) is 4.79 Å². The summed E-state index contributed by atoms with van der Waals surface area (Å²) in [6.07, 6.45) is 0. The molecule has 2 heterocycles. The van der Waals surface area contributed by atoms with E-state index >= 15 is 0 Å². The number of aromatic nitrogens is 2. The molecule has 3 rings (SSSR count). The fourth-order valence-electron chi connectivity index (χ4n) is 2.65. The molecule has 1 aromatic heterocycles. The van der Waals surface area contributed by atoms with Crippen molar-refractivity contribution in [3.63, 3.8) is 0 Å². The van der Waals surface area contributed by atoms with Gasteiger partial charge >= 0.3 is 0 Å². The van der Waals surface area contributed by atoms with Crippen LogP contribution in [0.2, 0.25) is 0 Å². The van der Waals surface area contributed by atoms with Crippen molar-refractivity contribution in [2.24, 2.45) is 0 Å². The molecule has 1 aromatic carbocycles. The maximum atomic E-state index is 12.6. The van der Waals surface area contributed by atoms with E-state index in [1.165, 1.54) is 0 Å². The Bertz CT molecular complexity index is 700. The Balaban J connectivity index is 1.61. The minimum atomic E-state index is 0.0555. The lowest BCUT2D eigenvalue weighted by atomic mass is 10.2. The molecule has 126 valence electrons. The third-order valence-electron chi connectivity index (χ3n) is 3.91. The van der Waals surface area contributed by atoms with E-state index in [9.17, 15) is 4.79 Å². The van der Waals surface area contributed by atoms with E-state index in [4.69, 9.17) is 4.74 Å². The van der Waals surface area contributed by atoms with E-state index in [1.54, 1.807) is 0 Å². The number of halogens is 1. The van der Waals surface area contributed by atoms with Gasteiger partial charge in [0, 0.05) is 36.7 Å². The minimum absolute atomic E-state index is 0.0555. The number of piperazine rings is 1. The largest absolute Gasteiger partial charge is 0.477 e. The first-order chi connectivity index (χ1) is 11.7. The van der Waals surface area contributed by atoms with Crippen molar-refractivity contribution < 1.29 is 9.53 Å². The monoisotopic (exact) mass is 390 g/mol. The number of rotatable bonds is 4. The van der Waals surface area contributed by atoms with Crippen molar-refractivity contribution in [3.05, 3.63) is 46.4 Å². The van der Waals surface area contributed by atoms with E-state index in [2.05, 4.69) is 31.0 Å². The number of benzene rings is 1. The molecular formula is C17H19BrN4O2. The second-order valence-corrected chi connectivity index (χ2v) is 6.28. The summed E-state index contributed by atoms with van der Waals surface area (Å²) in [6, 6.07) is 11.2. The first-order valence-electron chi connectivity index (χ1n) is 7.94. The number of carbonyl (C=O) groups is 1. The highest BCUT2D eigenvalue weighted by Crippen LogP contribution is 2.20. The van der Waals surface area contributed by atoms with Crippen LogP contribution in [0.5, 0.6) is 5.88 Å². The SMILES string of the molecule is CCOc1ccc(N2CCN(C(=O)c3ccccc3Br)CC2)nn1. The zero-order valence-corrected chi connectivity index (χ0v) is 15.1. The van der Waals surface area contributed by atoms with Crippen LogP contribution in [0.1, 0.15) is 17.3 Å². The van der Waals surface area contributed by atoms with Gasteiger partial charge in [-0.25, -0.2) is 0 Å². The van der Waals surface area contributed by atoms with E-state index in [-0.39, 0.29) is 5.91 Å². The van der Waals surface area contributed by atoms with Crippen molar-refractivity contribution in [1.82, 2.24) is 15.1 Å². The van der Waals surface area contributed by atoms with Crippen LogP contribution >= 0.6 is 15.9 Å². The second kappa shape index (κ2) is 7.61. The minimum Gasteiger partial charge on any atom is -0.477 e. The predicted octanol–water partition coefficient (Wildman–Crippen LogP) is 2.60. The van der Waals surface area contributed by atoms with Crippen LogP contribution < -0.4 is 9.64 Å². The van der Waals surface area contributed by atoms with Crippen molar-refractivity contribution in [2.45, 2.75) is 6.92 Å². The predicted molar refractivity (Wildman–Crippen MR) is 95.5 cm³/mol. The standard InChI is InChI=1S/C17H19BrN4O2/c1-2-24-16-8-7-15(19-20-16)21-9-11-22(12-10-21)17(23)13-5-3-4-6-14(13)18/h3-8H,2,9-12H2,1H3. The summed E-state index contributed by atoms with van der Waals surface area (Å²) in [4.78, 5) is 16.6. The average molecular weight is 391 g/mol. The quantitative estimate of drug-likeness (QED) is 0.802. The number of carbonyl (C=O) groups excluding carboxylic acids is 1. The van der Waals surface area contributed by atoms with Gasteiger partial charge in [-0.05, 0) is 41.1 Å². The van der Waals surface area contributed by atoms with Gasteiger partial charge in [0.2, 0.25) is 5.88 Å². The molecule has 2 aromatic rings. The fourth-order valence-corrected chi connectivity index (χ4v) is 3.10. The van der Waals surface area contributed by atoms with Crippen LogP contribution in [0, 0.1) is 0 Å². The lowest BCUT2D eigenvalue weighted by Crippen LogP contribution is -2.49. The second-order valence-electron chi connectivity index (χ2n) is 5.42. The number of amides is 1. The first kappa shape index (κ1) is 16.7. The smallest absolute Gasteiger partial charge is 0.255 e. The molecule has 0 saturated carbocycles. The van der Waals surface area contributed by atoms with Gasteiger partial charge in [0.25, 0.3) is 5.91 Å². The molecule has 0 atom stereocenters. The third kappa shape index (κ3) is 3.67. The average Bonchev–Trinajstić information content (AvgIpc) is 2.63. The number of hydrogen-bond donors (Lipinski definition) is 0. The third-order valence-corrected chi connectivity index (χ3v) is 4.60. The highest BCUT2D eigenvalue weighted by Gasteiger charge is 2.24.